The van der Waals surface area contributed by atoms with Gasteiger partial charge < -0.3 is 0 Å². The lowest BCUT2D eigenvalue weighted by Crippen LogP contribution is -2.95. The third-order valence-corrected chi connectivity index (χ3v) is 27.4. The maximum Gasteiger partial charge on any atom is 0.155 e. The molecule has 0 aliphatic rings. The first kappa shape index (κ1) is 29.8. The molecule has 0 N–H and O–H groups in total. The van der Waals surface area contributed by atoms with Crippen LogP contribution in [-0.2, 0) is 0 Å². The van der Waals surface area contributed by atoms with Gasteiger partial charge in [0.1, 0.15) is 0 Å². The van der Waals surface area contributed by atoms with Crippen LogP contribution in [0.3, 0.4) is 0 Å². The van der Waals surface area contributed by atoms with Crippen molar-refractivity contribution in [3.63, 3.8) is 0 Å². The van der Waals surface area contributed by atoms with Crippen LogP contribution in [0.2, 0.25) is 0 Å². The molecule has 0 fully saturated rings. The highest BCUT2D eigenvalue weighted by atomic mass is 29.3. The summed E-state index contributed by atoms with van der Waals surface area (Å²) in [4.78, 5) is 0. The van der Waals surface area contributed by atoms with Gasteiger partial charge in [0.2, 0.25) is 0 Å². The number of hydrogen-bond acceptors (Lipinski definition) is 0. The highest BCUT2D eigenvalue weighted by Gasteiger charge is 2.63. The van der Waals surface area contributed by atoms with Crippen molar-refractivity contribution in [3.8, 4) is 0 Å². The van der Waals surface area contributed by atoms with Gasteiger partial charge in [-0.15, -0.1) is 0 Å². The SMILES string of the molecule is Cc1ccccc1[Si](c1ccccc1C)(c1ccccc1C)[Si](c1ccccc1C)(c1ccccc1C)c1ccccc1C. The fourth-order valence-corrected chi connectivity index (χ4v) is 30.7. The Morgan fingerprint density at radius 1 is 0.227 bits per heavy atom. The highest BCUT2D eigenvalue weighted by molar-refractivity contribution is 7.67. The average Bonchev–Trinajstić information content (AvgIpc) is 3.03. The van der Waals surface area contributed by atoms with Crippen LogP contribution in [0.25, 0.3) is 0 Å². The van der Waals surface area contributed by atoms with Crippen molar-refractivity contribution in [1.82, 2.24) is 0 Å². The zero-order chi connectivity index (χ0) is 30.9. The van der Waals surface area contributed by atoms with E-state index in [1.807, 2.05) is 0 Å². The van der Waals surface area contributed by atoms with E-state index in [4.69, 9.17) is 0 Å². The summed E-state index contributed by atoms with van der Waals surface area (Å²) in [6.45, 7) is 14.1. The molecule has 0 heterocycles. The van der Waals surface area contributed by atoms with Crippen LogP contribution in [0, 0.1) is 41.5 Å². The first-order valence-corrected chi connectivity index (χ1v) is 20.7. The highest BCUT2D eigenvalue weighted by Crippen LogP contribution is 2.28. The van der Waals surface area contributed by atoms with Crippen LogP contribution in [0.4, 0.5) is 0 Å². The Morgan fingerprint density at radius 2 is 0.364 bits per heavy atom. The Hall–Kier alpha value is -4.25. The largest absolute Gasteiger partial charge is 0.155 e. The van der Waals surface area contributed by atoms with Gasteiger partial charge in [0, 0.05) is 0 Å². The number of benzene rings is 6. The molecule has 6 aromatic carbocycles. The summed E-state index contributed by atoms with van der Waals surface area (Å²) in [5, 5.41) is 9.11. The Morgan fingerprint density at radius 3 is 0.500 bits per heavy atom. The zero-order valence-electron chi connectivity index (χ0n) is 26.9. The Balaban J connectivity index is 2.07. The molecule has 0 bridgehead atoms. The number of aryl methyl sites for hydroxylation is 6. The summed E-state index contributed by atoms with van der Waals surface area (Å²) < 4.78 is 0. The van der Waals surface area contributed by atoms with Gasteiger partial charge in [-0.1, -0.05) is 179 Å². The normalized spacial score (nSPS) is 11.9. The van der Waals surface area contributed by atoms with E-state index in [0.29, 0.717) is 0 Å². The van der Waals surface area contributed by atoms with E-state index in [0.717, 1.165) is 0 Å². The first-order valence-electron chi connectivity index (χ1n) is 15.7. The monoisotopic (exact) mass is 602 g/mol. The summed E-state index contributed by atoms with van der Waals surface area (Å²) in [7, 11) is -6.03. The van der Waals surface area contributed by atoms with Crippen LogP contribution < -0.4 is 31.1 Å². The second-order valence-electron chi connectivity index (χ2n) is 12.4. The molecular formula is C42H42Si2. The summed E-state index contributed by atoms with van der Waals surface area (Å²) in [5.74, 6) is 0. The fraction of sp³-hybridized carbons (Fsp3) is 0.143. The van der Waals surface area contributed by atoms with Crippen molar-refractivity contribution < 1.29 is 0 Å². The molecule has 6 rings (SSSR count). The maximum absolute atomic E-state index is 3.01. The predicted molar refractivity (Wildman–Crippen MR) is 196 cm³/mol. The van der Waals surface area contributed by atoms with Gasteiger partial charge in [-0.05, 0) is 72.7 Å². The quantitative estimate of drug-likeness (QED) is 0.150. The molecule has 0 saturated heterocycles. The molecule has 0 atom stereocenters. The van der Waals surface area contributed by atoms with Gasteiger partial charge in [-0.3, -0.25) is 0 Å². The molecule has 0 saturated carbocycles. The molecule has 0 aliphatic carbocycles. The molecule has 0 nitrogen and oxygen atoms in total. The fourth-order valence-electron chi connectivity index (χ4n) is 8.04. The van der Waals surface area contributed by atoms with Crippen LogP contribution in [-0.4, -0.2) is 15.2 Å². The summed E-state index contributed by atoms with van der Waals surface area (Å²) in [6, 6.07) is 56.0. The van der Waals surface area contributed by atoms with Crippen LogP contribution in [0.5, 0.6) is 0 Å². The predicted octanol–water partition coefficient (Wildman–Crippen LogP) is 6.26. The molecule has 6 aromatic rings. The van der Waals surface area contributed by atoms with Crippen LogP contribution in [0.1, 0.15) is 33.4 Å². The Kier molecular flexibility index (Phi) is 8.15. The zero-order valence-corrected chi connectivity index (χ0v) is 28.9. The summed E-state index contributed by atoms with van der Waals surface area (Å²) in [5.41, 5.74) is 8.24. The first-order chi connectivity index (χ1) is 21.3. The van der Waals surface area contributed by atoms with E-state index in [2.05, 4.69) is 187 Å². The molecule has 2 heteroatoms. The topological polar surface area (TPSA) is 0 Å². The van der Waals surface area contributed by atoms with Gasteiger partial charge in [0.05, 0.1) is 0 Å². The Bertz CT molecular complexity index is 1590. The van der Waals surface area contributed by atoms with Crippen LogP contribution in [0.15, 0.2) is 146 Å². The third kappa shape index (κ3) is 4.48. The molecule has 218 valence electrons. The van der Waals surface area contributed by atoms with Crippen LogP contribution >= 0.6 is 0 Å². The summed E-state index contributed by atoms with van der Waals surface area (Å²) >= 11 is 0. The minimum atomic E-state index is -3.01. The number of rotatable bonds is 7. The minimum Gasteiger partial charge on any atom is -0.0623 e. The average molecular weight is 603 g/mol. The van der Waals surface area contributed by atoms with Crippen molar-refractivity contribution >= 4 is 46.3 Å². The molecule has 0 amide bonds. The minimum absolute atomic E-state index is 1.37. The van der Waals surface area contributed by atoms with Gasteiger partial charge in [0.15, 0.2) is 15.2 Å². The lowest BCUT2D eigenvalue weighted by molar-refractivity contribution is 1.45. The number of hydrogen-bond donors (Lipinski definition) is 0. The van der Waals surface area contributed by atoms with Crippen molar-refractivity contribution in [2.24, 2.45) is 0 Å². The molecule has 0 aromatic heterocycles. The van der Waals surface area contributed by atoms with E-state index >= 15 is 0 Å². The molecule has 44 heavy (non-hydrogen) atoms. The van der Waals surface area contributed by atoms with Crippen molar-refractivity contribution in [3.05, 3.63) is 179 Å². The van der Waals surface area contributed by atoms with Gasteiger partial charge in [-0.2, -0.15) is 0 Å². The molecule has 0 spiro atoms. The molecule has 0 radical (unpaired) electrons. The van der Waals surface area contributed by atoms with E-state index in [9.17, 15) is 0 Å². The lowest BCUT2D eigenvalue weighted by atomic mass is 10.2. The van der Waals surface area contributed by atoms with Gasteiger partial charge in [0.25, 0.3) is 0 Å². The second-order valence-corrected chi connectivity index (χ2v) is 23.1. The standard InChI is InChI=1S/C42H42Si2/c1-31-19-7-13-25-37(31)43(38-26-14-8-20-32(38)2,39-27-15-9-21-33(39)3)44(40-28-16-10-22-34(40)4,41-29-17-11-23-35(41)5)42-30-18-12-24-36(42)6/h7-30H,1-6H3. The molecule has 0 unspecified atom stereocenters. The van der Waals surface area contributed by atoms with E-state index in [-0.39, 0.29) is 0 Å². The van der Waals surface area contributed by atoms with E-state index in [1.165, 1.54) is 64.5 Å². The smallest absolute Gasteiger partial charge is 0.0623 e. The maximum atomic E-state index is 2.48. The van der Waals surface area contributed by atoms with Gasteiger partial charge in [-0.25, -0.2) is 0 Å². The van der Waals surface area contributed by atoms with E-state index in [1.54, 1.807) is 0 Å². The van der Waals surface area contributed by atoms with Crippen molar-refractivity contribution in [2.45, 2.75) is 41.5 Å². The third-order valence-electron chi connectivity index (χ3n) is 9.86. The van der Waals surface area contributed by atoms with Gasteiger partial charge >= 0.3 is 0 Å². The molecular weight excluding hydrogens is 561 g/mol. The van der Waals surface area contributed by atoms with Crippen molar-refractivity contribution in [1.29, 1.82) is 0 Å². The molecule has 0 aliphatic heterocycles. The van der Waals surface area contributed by atoms with Crippen molar-refractivity contribution in [2.75, 3.05) is 0 Å². The van der Waals surface area contributed by atoms with E-state index < -0.39 is 15.2 Å². The second kappa shape index (κ2) is 12.0. The summed E-state index contributed by atoms with van der Waals surface area (Å²) in [6.07, 6.45) is 0. The lowest BCUT2D eigenvalue weighted by Gasteiger charge is -2.53. The Labute approximate surface area is 265 Å².